The van der Waals surface area contributed by atoms with Gasteiger partial charge < -0.3 is 5.32 Å². The minimum absolute atomic E-state index is 0.177. The number of rotatable bonds is 5. The minimum atomic E-state index is -4.41. The number of alkyl halides is 3. The second-order valence-electron chi connectivity index (χ2n) is 4.24. The topological polar surface area (TPSA) is 53.5 Å². The molecule has 0 unspecified atom stereocenters. The lowest BCUT2D eigenvalue weighted by Crippen LogP contribution is -2.25. The van der Waals surface area contributed by atoms with E-state index in [1.165, 1.54) is 29.7 Å². The average Bonchev–Trinajstić information content (AvgIpc) is 2.98. The van der Waals surface area contributed by atoms with Crippen molar-refractivity contribution in [2.24, 2.45) is 5.10 Å². The second kappa shape index (κ2) is 7.08. The fourth-order valence-corrected chi connectivity index (χ4v) is 2.14. The number of nitrogens with one attached hydrogen (secondary N) is 2. The molecule has 0 aliphatic rings. The van der Waals surface area contributed by atoms with Gasteiger partial charge in [0.2, 0.25) is 0 Å². The zero-order valence-electron chi connectivity index (χ0n) is 11.2. The lowest BCUT2D eigenvalue weighted by atomic mass is 10.2. The number of thiophene rings is 1. The molecule has 0 aliphatic carbocycles. The van der Waals surface area contributed by atoms with Crippen LogP contribution in [0.5, 0.6) is 0 Å². The van der Waals surface area contributed by atoms with Crippen molar-refractivity contribution in [3.8, 4) is 0 Å². The van der Waals surface area contributed by atoms with Gasteiger partial charge in [0.15, 0.2) is 0 Å². The molecule has 0 saturated carbocycles. The first-order chi connectivity index (χ1) is 10.4. The molecule has 2 N–H and O–H groups in total. The van der Waals surface area contributed by atoms with Crippen molar-refractivity contribution in [3.05, 3.63) is 52.2 Å². The molecule has 0 radical (unpaired) electrons. The van der Waals surface area contributed by atoms with E-state index >= 15 is 0 Å². The maximum atomic E-state index is 12.5. The van der Waals surface area contributed by atoms with E-state index in [-0.39, 0.29) is 12.2 Å². The van der Waals surface area contributed by atoms with E-state index in [1.807, 2.05) is 17.5 Å². The molecule has 0 aliphatic heterocycles. The molecule has 1 aromatic heterocycles. The van der Waals surface area contributed by atoms with Crippen molar-refractivity contribution in [2.75, 3.05) is 11.9 Å². The molecule has 22 heavy (non-hydrogen) atoms. The van der Waals surface area contributed by atoms with Crippen molar-refractivity contribution in [1.82, 2.24) is 5.43 Å². The number of carbonyl (C=O) groups is 1. The predicted molar refractivity (Wildman–Crippen MR) is 80.0 cm³/mol. The summed E-state index contributed by atoms with van der Waals surface area (Å²) in [5, 5.41) is 8.24. The third kappa shape index (κ3) is 4.88. The van der Waals surface area contributed by atoms with Crippen LogP contribution in [0.3, 0.4) is 0 Å². The van der Waals surface area contributed by atoms with Gasteiger partial charge in [-0.3, -0.25) is 4.79 Å². The lowest BCUT2D eigenvalue weighted by molar-refractivity contribution is -0.137. The molecule has 1 heterocycles. The zero-order valence-corrected chi connectivity index (χ0v) is 12.0. The number of nitrogens with zero attached hydrogens (tertiary/aromatic N) is 1. The molecule has 0 atom stereocenters. The fraction of sp³-hybridized carbons (Fsp3) is 0.143. The predicted octanol–water partition coefficient (Wildman–Crippen LogP) is 3.33. The van der Waals surface area contributed by atoms with E-state index in [9.17, 15) is 18.0 Å². The Morgan fingerprint density at radius 2 is 2.09 bits per heavy atom. The molecule has 2 rings (SSSR count). The standard InChI is InChI=1S/C14H12F3N3OS/c15-14(16,17)10-3-1-4-11(7-10)18-9-13(21)20-19-8-12-5-2-6-22-12/h1-8,18H,9H2,(H,20,21)/b19-8-. The van der Waals surface area contributed by atoms with Crippen LogP contribution >= 0.6 is 11.3 Å². The third-order valence-corrected chi connectivity index (χ3v) is 3.37. The number of hydrogen-bond acceptors (Lipinski definition) is 4. The Balaban J connectivity index is 1.83. The molecule has 1 amide bonds. The molecule has 4 nitrogen and oxygen atoms in total. The van der Waals surface area contributed by atoms with E-state index in [0.717, 1.165) is 17.0 Å². The number of amides is 1. The highest BCUT2D eigenvalue weighted by Crippen LogP contribution is 2.30. The van der Waals surface area contributed by atoms with Crippen molar-refractivity contribution >= 4 is 29.1 Å². The summed E-state index contributed by atoms with van der Waals surface area (Å²) < 4.78 is 37.6. The van der Waals surface area contributed by atoms with Crippen molar-refractivity contribution in [3.63, 3.8) is 0 Å². The first kappa shape index (κ1) is 16.0. The molecule has 0 fully saturated rings. The fourth-order valence-electron chi connectivity index (χ4n) is 1.56. The maximum absolute atomic E-state index is 12.5. The number of hydrogen-bond donors (Lipinski definition) is 2. The number of benzene rings is 1. The van der Waals surface area contributed by atoms with Crippen LogP contribution in [0.4, 0.5) is 18.9 Å². The summed E-state index contributed by atoms with van der Waals surface area (Å²) in [4.78, 5) is 12.4. The van der Waals surface area contributed by atoms with E-state index < -0.39 is 17.6 Å². The lowest BCUT2D eigenvalue weighted by Gasteiger charge is -2.09. The molecule has 8 heteroatoms. The Morgan fingerprint density at radius 3 is 2.77 bits per heavy atom. The van der Waals surface area contributed by atoms with Gasteiger partial charge in [-0.05, 0) is 29.6 Å². The van der Waals surface area contributed by atoms with Gasteiger partial charge in [0.05, 0.1) is 18.3 Å². The minimum Gasteiger partial charge on any atom is -0.376 e. The van der Waals surface area contributed by atoms with Crippen LogP contribution in [0.25, 0.3) is 0 Å². The van der Waals surface area contributed by atoms with Crippen molar-refractivity contribution < 1.29 is 18.0 Å². The summed E-state index contributed by atoms with van der Waals surface area (Å²) in [7, 11) is 0. The Bertz CT molecular complexity index is 654. The largest absolute Gasteiger partial charge is 0.416 e. The molecule has 2 aromatic rings. The highest BCUT2D eigenvalue weighted by molar-refractivity contribution is 7.11. The molecule has 116 valence electrons. The first-order valence-corrected chi connectivity index (χ1v) is 7.09. The smallest absolute Gasteiger partial charge is 0.376 e. The molecule has 0 bridgehead atoms. The summed E-state index contributed by atoms with van der Waals surface area (Å²) in [6, 6.07) is 8.33. The van der Waals surface area contributed by atoms with Crippen LogP contribution in [0.2, 0.25) is 0 Å². The Kier molecular flexibility index (Phi) is 5.16. The van der Waals surface area contributed by atoms with Crippen LogP contribution in [0.1, 0.15) is 10.4 Å². The van der Waals surface area contributed by atoms with Crippen molar-refractivity contribution in [2.45, 2.75) is 6.18 Å². The van der Waals surface area contributed by atoms with Gasteiger partial charge in [-0.25, -0.2) is 5.43 Å². The number of hydrazone groups is 1. The number of carbonyl (C=O) groups excluding carboxylic acids is 1. The third-order valence-electron chi connectivity index (χ3n) is 2.57. The number of anilines is 1. The van der Waals surface area contributed by atoms with Crippen molar-refractivity contribution in [1.29, 1.82) is 0 Å². The van der Waals surface area contributed by atoms with Crippen LogP contribution in [-0.2, 0) is 11.0 Å². The van der Waals surface area contributed by atoms with Gasteiger partial charge in [0.1, 0.15) is 0 Å². The highest BCUT2D eigenvalue weighted by atomic mass is 32.1. The van der Waals surface area contributed by atoms with Crippen LogP contribution in [-0.4, -0.2) is 18.7 Å². The summed E-state index contributed by atoms with van der Waals surface area (Å²) >= 11 is 1.47. The number of halogens is 3. The monoisotopic (exact) mass is 327 g/mol. The summed E-state index contributed by atoms with van der Waals surface area (Å²) in [6.07, 6.45) is -2.92. The summed E-state index contributed by atoms with van der Waals surface area (Å²) in [5.41, 5.74) is 1.73. The van der Waals surface area contributed by atoms with E-state index in [1.54, 1.807) is 0 Å². The molecule has 1 aromatic carbocycles. The quantitative estimate of drug-likeness (QED) is 0.654. The van der Waals surface area contributed by atoms with Gasteiger partial charge in [0.25, 0.3) is 5.91 Å². The van der Waals surface area contributed by atoms with Crippen LogP contribution in [0.15, 0.2) is 46.9 Å². The normalized spacial score (nSPS) is 11.6. The van der Waals surface area contributed by atoms with Crippen LogP contribution < -0.4 is 10.7 Å². The highest BCUT2D eigenvalue weighted by Gasteiger charge is 2.30. The van der Waals surface area contributed by atoms with E-state index in [0.29, 0.717) is 0 Å². The molecule has 0 saturated heterocycles. The molecular weight excluding hydrogens is 315 g/mol. The second-order valence-corrected chi connectivity index (χ2v) is 5.22. The van der Waals surface area contributed by atoms with Gasteiger partial charge in [-0.15, -0.1) is 11.3 Å². The zero-order chi connectivity index (χ0) is 16.0. The van der Waals surface area contributed by atoms with Gasteiger partial charge in [-0.2, -0.15) is 18.3 Å². The van der Waals surface area contributed by atoms with Crippen LogP contribution in [0, 0.1) is 0 Å². The Morgan fingerprint density at radius 1 is 1.27 bits per heavy atom. The summed E-state index contributed by atoms with van der Waals surface area (Å²) in [6.45, 7) is -0.177. The van der Waals surface area contributed by atoms with E-state index in [2.05, 4.69) is 15.8 Å². The van der Waals surface area contributed by atoms with Gasteiger partial charge in [-0.1, -0.05) is 12.1 Å². The molecular formula is C14H12F3N3OS. The average molecular weight is 327 g/mol. The SMILES string of the molecule is O=C(CNc1cccc(C(F)(F)F)c1)N/N=C\c1cccs1. The summed E-state index contributed by atoms with van der Waals surface area (Å²) in [5.74, 6) is -0.454. The van der Waals surface area contributed by atoms with Gasteiger partial charge in [0, 0.05) is 10.6 Å². The van der Waals surface area contributed by atoms with Gasteiger partial charge >= 0.3 is 6.18 Å². The molecule has 0 spiro atoms. The maximum Gasteiger partial charge on any atom is 0.416 e. The first-order valence-electron chi connectivity index (χ1n) is 6.22. The Labute approximate surface area is 128 Å². The van der Waals surface area contributed by atoms with E-state index in [4.69, 9.17) is 0 Å². The Hall–Kier alpha value is -2.35.